The maximum absolute atomic E-state index is 13.5. The maximum atomic E-state index is 13.5. The number of aliphatic carboxylic acids is 1. The van der Waals surface area contributed by atoms with Gasteiger partial charge in [-0.25, -0.2) is 4.39 Å². The van der Waals surface area contributed by atoms with E-state index in [1.807, 2.05) is 10.9 Å². The van der Waals surface area contributed by atoms with Crippen molar-refractivity contribution in [3.8, 4) is 0 Å². The molecule has 6 heteroatoms. The summed E-state index contributed by atoms with van der Waals surface area (Å²) in [5.41, 5.74) is 3.28. The molecule has 242 valence electrons. The average molecular weight is 615 g/mol. The Morgan fingerprint density at radius 2 is 1.64 bits per heavy atom. The Morgan fingerprint density at radius 1 is 0.933 bits per heavy atom. The second kappa shape index (κ2) is 9.94. The molecule has 7 rings (SSSR count). The van der Waals surface area contributed by atoms with Gasteiger partial charge in [0, 0.05) is 11.5 Å². The summed E-state index contributed by atoms with van der Waals surface area (Å²) in [4.78, 5) is 13.0. The van der Waals surface area contributed by atoms with Crippen LogP contribution in [0.5, 0.6) is 0 Å². The Balaban J connectivity index is 1.19. The van der Waals surface area contributed by atoms with Crippen LogP contribution in [-0.4, -0.2) is 22.0 Å². The number of hydrogen-bond acceptors (Lipinski definition) is 3. The van der Waals surface area contributed by atoms with Crippen molar-refractivity contribution in [3.05, 3.63) is 53.5 Å². The van der Waals surface area contributed by atoms with Crippen LogP contribution < -0.4 is 0 Å². The first-order valence-electron chi connectivity index (χ1n) is 17.5. The van der Waals surface area contributed by atoms with Crippen LogP contribution in [0.3, 0.4) is 0 Å². The fourth-order valence-electron chi connectivity index (χ4n) is 12.2. The molecule has 1 N–H and O–H groups in total. The van der Waals surface area contributed by atoms with Gasteiger partial charge in [-0.3, -0.25) is 4.79 Å². The number of halogens is 1. The standard InChI is InChI=1S/C39H52FN3O2/c1-34(2)18-20-39(33(44)45)21-19-37(6)28(29(39)22-34)12-13-32-36(5)16-14-26(35(3,4)31(36)15-17-38(32,37)7)23-43-24-30(41-42-43)25-8-10-27(40)11-9-25/h8-12,23-24,26,29,31-32H,13-22H2,1-7H3/p+1/b43-23-/t26?,29?,31?,32?,36-,37+,38+,39-/m0/s1. The Morgan fingerprint density at radius 3 is 2.36 bits per heavy atom. The molecule has 0 aromatic heterocycles. The molecule has 4 unspecified atom stereocenters. The predicted octanol–water partition coefficient (Wildman–Crippen LogP) is 10.1. The summed E-state index contributed by atoms with van der Waals surface area (Å²) in [7, 11) is 0. The molecule has 0 saturated heterocycles. The summed E-state index contributed by atoms with van der Waals surface area (Å²) in [5.74, 6) is 0.910. The number of allylic oxidation sites excluding steroid dienone is 2. The highest BCUT2D eigenvalue weighted by Gasteiger charge is 2.69. The van der Waals surface area contributed by atoms with Gasteiger partial charge in [0.25, 0.3) is 5.70 Å². The van der Waals surface area contributed by atoms with E-state index < -0.39 is 11.4 Å². The largest absolute Gasteiger partial charge is 0.481 e. The van der Waals surface area contributed by atoms with Gasteiger partial charge in [-0.05, 0) is 133 Å². The Labute approximate surface area is 269 Å². The van der Waals surface area contributed by atoms with Crippen molar-refractivity contribution in [3.63, 3.8) is 0 Å². The van der Waals surface area contributed by atoms with Crippen molar-refractivity contribution in [2.45, 2.75) is 113 Å². The Kier molecular flexibility index (Phi) is 6.84. The highest BCUT2D eigenvalue weighted by atomic mass is 19.1. The minimum atomic E-state index is -0.584. The van der Waals surface area contributed by atoms with Crippen LogP contribution in [0.4, 0.5) is 4.39 Å². The molecule has 0 amide bonds. The zero-order valence-corrected chi connectivity index (χ0v) is 28.5. The van der Waals surface area contributed by atoms with Gasteiger partial charge >= 0.3 is 5.97 Å². The number of carbonyl (C=O) groups is 1. The molecular formula is C39H53FN3O2+. The highest BCUT2D eigenvalue weighted by Crippen LogP contribution is 2.76. The van der Waals surface area contributed by atoms with Crippen molar-refractivity contribution in [1.82, 2.24) is 0 Å². The average Bonchev–Trinajstić information content (AvgIpc) is 3.43. The number of benzene rings is 1. The molecule has 4 fully saturated rings. The van der Waals surface area contributed by atoms with Gasteiger partial charge in [-0.2, -0.15) is 0 Å². The summed E-state index contributed by atoms with van der Waals surface area (Å²) >= 11 is 0. The molecule has 1 aliphatic heterocycles. The SMILES string of the molecule is CC1(C)CC[C@]2(C(=O)O)CC[C@]3(C)C(=CCC4[C@@]5(C)CCC(/C=[N+]6/C=C(c7ccc(F)cc7)N=N6)C(C)(C)C5CC[C@]43C)C2C1. The van der Waals surface area contributed by atoms with Gasteiger partial charge in [-0.1, -0.05) is 60.1 Å². The fourth-order valence-corrected chi connectivity index (χ4v) is 12.2. The molecule has 0 spiro atoms. The quantitative estimate of drug-likeness (QED) is 0.272. The summed E-state index contributed by atoms with van der Waals surface area (Å²) in [6, 6.07) is 6.45. The van der Waals surface area contributed by atoms with Crippen LogP contribution in [0, 0.1) is 62.0 Å². The zero-order valence-electron chi connectivity index (χ0n) is 28.5. The van der Waals surface area contributed by atoms with Crippen LogP contribution in [0.1, 0.15) is 118 Å². The van der Waals surface area contributed by atoms with E-state index in [1.54, 1.807) is 12.1 Å². The number of carboxylic acid groups (broad SMARTS) is 1. The molecule has 1 aromatic carbocycles. The monoisotopic (exact) mass is 614 g/mol. The lowest BCUT2D eigenvalue weighted by Crippen LogP contribution is -2.64. The minimum Gasteiger partial charge on any atom is -0.481 e. The molecule has 8 atom stereocenters. The van der Waals surface area contributed by atoms with Crippen molar-refractivity contribution in [1.29, 1.82) is 0 Å². The van der Waals surface area contributed by atoms with E-state index in [2.05, 4.69) is 71.1 Å². The van der Waals surface area contributed by atoms with Gasteiger partial charge in [0.05, 0.1) is 10.5 Å². The van der Waals surface area contributed by atoms with Crippen LogP contribution in [0.2, 0.25) is 0 Å². The second-order valence-corrected chi connectivity index (χ2v) is 17.9. The topological polar surface area (TPSA) is 65.0 Å². The molecular weight excluding hydrogens is 561 g/mol. The first kappa shape index (κ1) is 31.0. The van der Waals surface area contributed by atoms with Gasteiger partial charge in [0.15, 0.2) is 6.20 Å². The summed E-state index contributed by atoms with van der Waals surface area (Å²) in [6.45, 7) is 17.4. The van der Waals surface area contributed by atoms with E-state index >= 15 is 0 Å². The summed E-state index contributed by atoms with van der Waals surface area (Å²) in [5, 5.41) is 19.5. The maximum Gasteiger partial charge on any atom is 0.310 e. The van der Waals surface area contributed by atoms with Gasteiger partial charge in [0.2, 0.25) is 0 Å². The van der Waals surface area contributed by atoms with E-state index in [0.29, 0.717) is 17.8 Å². The lowest BCUT2D eigenvalue weighted by molar-refractivity contribution is -0.462. The molecule has 5 aliphatic carbocycles. The Hall–Kier alpha value is -2.63. The van der Waals surface area contributed by atoms with Gasteiger partial charge in [-0.15, -0.1) is 4.68 Å². The van der Waals surface area contributed by atoms with Crippen molar-refractivity contribution in [2.75, 3.05) is 0 Å². The van der Waals surface area contributed by atoms with E-state index in [-0.39, 0.29) is 38.8 Å². The fraction of sp³-hybridized carbons (Fsp3) is 0.692. The zero-order chi connectivity index (χ0) is 32.2. The van der Waals surface area contributed by atoms with Crippen molar-refractivity contribution in [2.24, 2.45) is 66.5 Å². The molecule has 6 aliphatic rings. The molecule has 0 bridgehead atoms. The second-order valence-electron chi connectivity index (χ2n) is 17.9. The highest BCUT2D eigenvalue weighted by molar-refractivity contribution is 5.76. The smallest absolute Gasteiger partial charge is 0.310 e. The molecule has 45 heavy (non-hydrogen) atoms. The van der Waals surface area contributed by atoms with E-state index in [1.165, 1.54) is 37.0 Å². The predicted molar refractivity (Wildman–Crippen MR) is 176 cm³/mol. The van der Waals surface area contributed by atoms with E-state index in [4.69, 9.17) is 0 Å². The van der Waals surface area contributed by atoms with Crippen LogP contribution >= 0.6 is 0 Å². The number of rotatable bonds is 3. The van der Waals surface area contributed by atoms with Crippen LogP contribution in [0.15, 0.2) is 52.5 Å². The molecule has 1 aromatic rings. The van der Waals surface area contributed by atoms with E-state index in [9.17, 15) is 14.3 Å². The minimum absolute atomic E-state index is 0.0472. The number of fused-ring (bicyclic) bond motifs is 7. The summed E-state index contributed by atoms with van der Waals surface area (Å²) in [6.07, 6.45) is 17.3. The number of hydrogen-bond donors (Lipinski definition) is 1. The normalized spacial score (nSPS) is 43.8. The van der Waals surface area contributed by atoms with E-state index in [0.717, 1.165) is 56.2 Å². The van der Waals surface area contributed by atoms with Gasteiger partial charge < -0.3 is 5.11 Å². The summed E-state index contributed by atoms with van der Waals surface area (Å²) < 4.78 is 15.4. The molecule has 1 heterocycles. The lowest BCUT2D eigenvalue weighted by atomic mass is 9.33. The number of nitrogens with zero attached hydrogens (tertiary/aromatic N) is 3. The third kappa shape index (κ3) is 4.35. The Bertz CT molecular complexity index is 1540. The first-order chi connectivity index (χ1) is 21.1. The third-order valence-corrected chi connectivity index (χ3v) is 15.2. The van der Waals surface area contributed by atoms with Gasteiger partial charge in [0.1, 0.15) is 17.3 Å². The molecule has 5 nitrogen and oxygen atoms in total. The van der Waals surface area contributed by atoms with Crippen molar-refractivity contribution < 1.29 is 19.0 Å². The van der Waals surface area contributed by atoms with Crippen molar-refractivity contribution >= 4 is 17.9 Å². The number of carboxylic acids is 1. The molecule has 4 saturated carbocycles. The molecule has 0 radical (unpaired) electrons. The third-order valence-electron chi connectivity index (χ3n) is 15.2. The van der Waals surface area contributed by atoms with Crippen LogP contribution in [-0.2, 0) is 4.79 Å². The first-order valence-corrected chi connectivity index (χ1v) is 17.5. The van der Waals surface area contributed by atoms with Crippen LogP contribution in [0.25, 0.3) is 5.70 Å². The lowest BCUT2D eigenvalue weighted by Gasteiger charge is -2.71.